The Morgan fingerprint density at radius 3 is 2.43 bits per heavy atom. The van der Waals surface area contributed by atoms with Crippen molar-refractivity contribution in [3.8, 4) is 5.75 Å². The predicted octanol–water partition coefficient (Wildman–Crippen LogP) is 3.13. The Kier molecular flexibility index (Phi) is 5.38. The van der Waals surface area contributed by atoms with Gasteiger partial charge in [0.15, 0.2) is 0 Å². The van der Waals surface area contributed by atoms with Gasteiger partial charge >= 0.3 is 12.4 Å². The Labute approximate surface area is 167 Å². The number of amides is 4. The van der Waals surface area contributed by atoms with Crippen LogP contribution >= 0.6 is 0 Å². The van der Waals surface area contributed by atoms with E-state index >= 15 is 0 Å². The van der Waals surface area contributed by atoms with Crippen molar-refractivity contribution in [2.45, 2.75) is 18.8 Å². The number of rotatable bonds is 5. The standard InChI is InChI=1S/C19H15F4N3O4/c1-18(11-5-7-14(8-6-11)30-19(21,22)23)16(28)26(17(29)25-18)10-15(27)24-13-4-2-3-12(20)9-13/h2-9H,10H2,1H3,(H,24,27)(H,25,29). The van der Waals surface area contributed by atoms with E-state index in [1.807, 2.05) is 0 Å². The molecular formula is C19H15F4N3O4. The van der Waals surface area contributed by atoms with Crippen molar-refractivity contribution in [2.24, 2.45) is 0 Å². The van der Waals surface area contributed by atoms with E-state index in [-0.39, 0.29) is 11.3 Å². The Hall–Kier alpha value is -3.63. The molecule has 30 heavy (non-hydrogen) atoms. The van der Waals surface area contributed by atoms with Gasteiger partial charge in [0, 0.05) is 5.69 Å². The van der Waals surface area contributed by atoms with E-state index in [2.05, 4.69) is 15.4 Å². The number of hydrogen-bond donors (Lipinski definition) is 2. The van der Waals surface area contributed by atoms with Crippen molar-refractivity contribution in [3.63, 3.8) is 0 Å². The second kappa shape index (κ2) is 7.65. The number of ether oxygens (including phenoxy) is 1. The number of carbonyl (C=O) groups excluding carboxylic acids is 3. The number of hydrogen-bond acceptors (Lipinski definition) is 4. The third-order valence-electron chi connectivity index (χ3n) is 4.35. The number of alkyl halides is 3. The van der Waals surface area contributed by atoms with Gasteiger partial charge in [0.2, 0.25) is 5.91 Å². The van der Waals surface area contributed by atoms with Crippen LogP contribution in [0.5, 0.6) is 5.75 Å². The monoisotopic (exact) mass is 425 g/mol. The Balaban J connectivity index is 1.72. The second-order valence-electron chi connectivity index (χ2n) is 6.58. The quantitative estimate of drug-likeness (QED) is 0.569. The van der Waals surface area contributed by atoms with E-state index in [1.54, 1.807) is 0 Å². The Morgan fingerprint density at radius 1 is 1.17 bits per heavy atom. The van der Waals surface area contributed by atoms with E-state index in [0.29, 0.717) is 4.90 Å². The zero-order valence-electron chi connectivity index (χ0n) is 15.4. The summed E-state index contributed by atoms with van der Waals surface area (Å²) in [4.78, 5) is 37.9. The van der Waals surface area contributed by atoms with Gasteiger partial charge in [0.25, 0.3) is 5.91 Å². The number of halogens is 4. The smallest absolute Gasteiger partial charge is 0.406 e. The minimum atomic E-state index is -4.87. The highest BCUT2D eigenvalue weighted by Crippen LogP contribution is 2.31. The highest BCUT2D eigenvalue weighted by Gasteiger charge is 2.49. The largest absolute Gasteiger partial charge is 0.573 e. The van der Waals surface area contributed by atoms with Crippen LogP contribution in [0.2, 0.25) is 0 Å². The van der Waals surface area contributed by atoms with E-state index in [9.17, 15) is 31.9 Å². The van der Waals surface area contributed by atoms with Crippen LogP contribution in [0.25, 0.3) is 0 Å². The maximum Gasteiger partial charge on any atom is 0.573 e. The summed E-state index contributed by atoms with van der Waals surface area (Å²) >= 11 is 0. The summed E-state index contributed by atoms with van der Waals surface area (Å²) in [5, 5.41) is 4.80. The topological polar surface area (TPSA) is 87.7 Å². The fraction of sp³-hybridized carbons (Fsp3) is 0.211. The van der Waals surface area contributed by atoms with Crippen LogP contribution in [-0.4, -0.2) is 35.7 Å². The average molecular weight is 425 g/mol. The summed E-state index contributed by atoms with van der Waals surface area (Å²) < 4.78 is 53.8. The van der Waals surface area contributed by atoms with Crippen LogP contribution < -0.4 is 15.4 Å². The normalized spacial score (nSPS) is 18.9. The molecule has 0 aromatic heterocycles. The molecule has 1 heterocycles. The van der Waals surface area contributed by atoms with Crippen molar-refractivity contribution in [1.82, 2.24) is 10.2 Å². The van der Waals surface area contributed by atoms with Crippen LogP contribution in [0.1, 0.15) is 12.5 Å². The molecule has 2 aromatic rings. The van der Waals surface area contributed by atoms with Crippen molar-refractivity contribution in [3.05, 3.63) is 59.9 Å². The number of imide groups is 1. The van der Waals surface area contributed by atoms with Gasteiger partial charge in [-0.05, 0) is 42.8 Å². The number of benzene rings is 2. The minimum absolute atomic E-state index is 0.148. The van der Waals surface area contributed by atoms with Gasteiger partial charge in [0.1, 0.15) is 23.7 Å². The lowest BCUT2D eigenvalue weighted by atomic mass is 9.92. The first-order valence-corrected chi connectivity index (χ1v) is 8.54. The van der Waals surface area contributed by atoms with E-state index in [4.69, 9.17) is 0 Å². The zero-order chi connectivity index (χ0) is 22.1. The van der Waals surface area contributed by atoms with Gasteiger partial charge in [-0.2, -0.15) is 0 Å². The first-order valence-electron chi connectivity index (χ1n) is 8.54. The molecule has 158 valence electrons. The fourth-order valence-corrected chi connectivity index (χ4v) is 2.94. The summed E-state index contributed by atoms with van der Waals surface area (Å²) in [7, 11) is 0. The lowest BCUT2D eigenvalue weighted by Crippen LogP contribution is -2.42. The first kappa shape index (κ1) is 21.1. The molecule has 2 N–H and O–H groups in total. The first-order chi connectivity index (χ1) is 14.0. The van der Waals surface area contributed by atoms with Gasteiger partial charge in [-0.1, -0.05) is 18.2 Å². The zero-order valence-corrected chi connectivity index (χ0v) is 15.4. The molecule has 0 saturated carbocycles. The third kappa shape index (κ3) is 4.50. The minimum Gasteiger partial charge on any atom is -0.406 e. The average Bonchev–Trinajstić information content (AvgIpc) is 2.85. The van der Waals surface area contributed by atoms with Crippen LogP contribution in [-0.2, 0) is 15.1 Å². The molecule has 1 aliphatic rings. The number of carbonyl (C=O) groups is 3. The molecule has 2 aromatic carbocycles. The molecule has 7 nitrogen and oxygen atoms in total. The molecule has 0 radical (unpaired) electrons. The van der Waals surface area contributed by atoms with Crippen LogP contribution in [0.15, 0.2) is 48.5 Å². The summed E-state index contributed by atoms with van der Waals surface area (Å²) in [5.74, 6) is -2.57. The molecule has 0 bridgehead atoms. The molecule has 1 saturated heterocycles. The molecule has 0 spiro atoms. The SMILES string of the molecule is CC1(c2ccc(OC(F)(F)F)cc2)NC(=O)N(CC(=O)Nc2cccc(F)c2)C1=O. The van der Waals surface area contributed by atoms with Gasteiger partial charge in [0.05, 0.1) is 0 Å². The van der Waals surface area contributed by atoms with E-state index in [0.717, 1.165) is 18.2 Å². The molecule has 3 rings (SSSR count). The van der Waals surface area contributed by atoms with Crippen LogP contribution in [0.3, 0.4) is 0 Å². The molecule has 1 fully saturated rings. The number of urea groups is 1. The third-order valence-corrected chi connectivity index (χ3v) is 4.35. The maximum absolute atomic E-state index is 13.2. The fourth-order valence-electron chi connectivity index (χ4n) is 2.94. The van der Waals surface area contributed by atoms with E-state index in [1.165, 1.54) is 37.3 Å². The van der Waals surface area contributed by atoms with Crippen molar-refractivity contribution in [1.29, 1.82) is 0 Å². The van der Waals surface area contributed by atoms with Gasteiger partial charge < -0.3 is 15.4 Å². The lowest BCUT2D eigenvalue weighted by molar-refractivity contribution is -0.274. The summed E-state index contributed by atoms with van der Waals surface area (Å²) in [5.41, 5.74) is -1.24. The van der Waals surface area contributed by atoms with Crippen LogP contribution in [0, 0.1) is 5.82 Å². The van der Waals surface area contributed by atoms with Crippen molar-refractivity contribution < 1.29 is 36.7 Å². The van der Waals surface area contributed by atoms with Gasteiger partial charge in [-0.15, -0.1) is 13.2 Å². The summed E-state index contributed by atoms with van der Waals surface area (Å²) in [6.07, 6.45) is -4.87. The summed E-state index contributed by atoms with van der Waals surface area (Å²) in [6.45, 7) is 0.726. The molecule has 1 atom stereocenters. The molecule has 0 aliphatic carbocycles. The highest BCUT2D eigenvalue weighted by atomic mass is 19.4. The number of nitrogens with zero attached hydrogens (tertiary/aromatic N) is 1. The van der Waals surface area contributed by atoms with E-state index < -0.39 is 47.9 Å². The predicted molar refractivity (Wildman–Crippen MR) is 95.8 cm³/mol. The molecular weight excluding hydrogens is 410 g/mol. The van der Waals surface area contributed by atoms with Gasteiger partial charge in [-0.3, -0.25) is 14.5 Å². The molecule has 1 unspecified atom stereocenters. The van der Waals surface area contributed by atoms with Crippen LogP contribution in [0.4, 0.5) is 28.0 Å². The second-order valence-corrected chi connectivity index (χ2v) is 6.58. The van der Waals surface area contributed by atoms with Crippen molar-refractivity contribution >= 4 is 23.5 Å². The van der Waals surface area contributed by atoms with Gasteiger partial charge in [-0.25, -0.2) is 9.18 Å². The Morgan fingerprint density at radius 2 is 1.83 bits per heavy atom. The lowest BCUT2D eigenvalue weighted by Gasteiger charge is -2.22. The molecule has 1 aliphatic heterocycles. The summed E-state index contributed by atoms with van der Waals surface area (Å²) in [6, 6.07) is 8.63. The molecule has 4 amide bonds. The maximum atomic E-state index is 13.2. The number of anilines is 1. The highest BCUT2D eigenvalue weighted by molar-refractivity contribution is 6.10. The number of nitrogens with one attached hydrogen (secondary N) is 2. The molecule has 11 heteroatoms. The Bertz CT molecular complexity index is 994. The van der Waals surface area contributed by atoms with Crippen molar-refractivity contribution in [2.75, 3.05) is 11.9 Å².